The van der Waals surface area contributed by atoms with Crippen LogP contribution in [0.5, 0.6) is 0 Å². The molecule has 0 saturated carbocycles. The van der Waals surface area contributed by atoms with E-state index in [4.69, 9.17) is 4.74 Å². The van der Waals surface area contributed by atoms with Crippen LogP contribution in [0.25, 0.3) is 10.9 Å². The maximum Gasteiger partial charge on any atom is 0.307 e. The number of carbonyl (C=O) groups excluding carboxylic acids is 1. The molecule has 0 aliphatic rings. The maximum absolute atomic E-state index is 11.8. The molecule has 0 radical (unpaired) electrons. The minimum Gasteiger partial charge on any atom is -0.459 e. The van der Waals surface area contributed by atoms with Gasteiger partial charge in [-0.3, -0.25) is 9.78 Å². The van der Waals surface area contributed by atoms with E-state index < -0.39 is 0 Å². The molecule has 1 aromatic carbocycles. The third-order valence-corrected chi connectivity index (χ3v) is 3.34. The van der Waals surface area contributed by atoms with Crippen molar-refractivity contribution in [1.82, 2.24) is 9.55 Å². The summed E-state index contributed by atoms with van der Waals surface area (Å²) in [7, 11) is 0. The summed E-state index contributed by atoms with van der Waals surface area (Å²) >= 11 is 0. The van der Waals surface area contributed by atoms with Crippen LogP contribution in [-0.4, -0.2) is 15.5 Å². The van der Waals surface area contributed by atoms with Crippen LogP contribution in [0.2, 0.25) is 0 Å². The number of fused-ring (bicyclic) bond motifs is 1. The Bertz CT molecular complexity index is 735. The van der Waals surface area contributed by atoms with Gasteiger partial charge in [0.15, 0.2) is 0 Å². The SMILES string of the molecule is O=C(CCn1ccc2ccccc21)OCc1ccccn1. The fraction of sp³-hybridized carbons (Fsp3) is 0.176. The predicted octanol–water partition coefficient (Wildman–Crippen LogP) is 3.17. The second-order valence-corrected chi connectivity index (χ2v) is 4.80. The first-order valence-electron chi connectivity index (χ1n) is 6.92. The second kappa shape index (κ2) is 6.22. The molecule has 0 N–H and O–H groups in total. The van der Waals surface area contributed by atoms with Crippen LogP contribution in [0, 0.1) is 0 Å². The molecule has 0 bridgehead atoms. The minimum atomic E-state index is -0.210. The van der Waals surface area contributed by atoms with Crippen molar-refractivity contribution in [2.75, 3.05) is 0 Å². The smallest absolute Gasteiger partial charge is 0.307 e. The summed E-state index contributed by atoms with van der Waals surface area (Å²) in [5.41, 5.74) is 1.90. The number of hydrogen-bond donors (Lipinski definition) is 0. The number of nitrogens with zero attached hydrogens (tertiary/aromatic N) is 2. The number of para-hydroxylation sites is 1. The summed E-state index contributed by atoms with van der Waals surface area (Å²) in [6, 6.07) is 15.7. The van der Waals surface area contributed by atoms with E-state index in [2.05, 4.69) is 27.8 Å². The van der Waals surface area contributed by atoms with E-state index in [1.807, 2.05) is 36.5 Å². The van der Waals surface area contributed by atoms with E-state index in [9.17, 15) is 4.79 Å². The Balaban J connectivity index is 1.54. The van der Waals surface area contributed by atoms with Crippen LogP contribution in [0.3, 0.4) is 0 Å². The van der Waals surface area contributed by atoms with Gasteiger partial charge < -0.3 is 9.30 Å². The lowest BCUT2D eigenvalue weighted by Crippen LogP contribution is -2.09. The van der Waals surface area contributed by atoms with Gasteiger partial charge in [-0.15, -0.1) is 0 Å². The molecule has 2 aromatic heterocycles. The van der Waals surface area contributed by atoms with Gasteiger partial charge in [-0.1, -0.05) is 24.3 Å². The Morgan fingerprint density at radius 2 is 1.95 bits per heavy atom. The summed E-state index contributed by atoms with van der Waals surface area (Å²) in [5, 5.41) is 1.18. The number of ether oxygens (including phenoxy) is 1. The zero-order valence-electron chi connectivity index (χ0n) is 11.6. The quantitative estimate of drug-likeness (QED) is 0.674. The van der Waals surface area contributed by atoms with Crippen molar-refractivity contribution in [3.63, 3.8) is 0 Å². The van der Waals surface area contributed by atoms with Crippen molar-refractivity contribution in [1.29, 1.82) is 0 Å². The normalized spacial score (nSPS) is 10.7. The zero-order chi connectivity index (χ0) is 14.5. The van der Waals surface area contributed by atoms with Crippen LogP contribution < -0.4 is 0 Å². The summed E-state index contributed by atoms with van der Waals surface area (Å²) in [5.74, 6) is -0.210. The van der Waals surface area contributed by atoms with Crippen LogP contribution in [-0.2, 0) is 22.7 Å². The van der Waals surface area contributed by atoms with Gasteiger partial charge in [0.1, 0.15) is 6.61 Å². The molecule has 4 heteroatoms. The van der Waals surface area contributed by atoms with Gasteiger partial charge in [0.25, 0.3) is 0 Å². The standard InChI is InChI=1S/C17H16N2O2/c20-17(21-13-15-6-3-4-10-18-15)9-12-19-11-8-14-5-1-2-7-16(14)19/h1-8,10-11H,9,12-13H2. The molecule has 0 spiro atoms. The van der Waals surface area contributed by atoms with Crippen molar-refractivity contribution in [3.05, 3.63) is 66.6 Å². The Morgan fingerprint density at radius 3 is 2.81 bits per heavy atom. The first-order valence-corrected chi connectivity index (χ1v) is 6.92. The number of esters is 1. The highest BCUT2D eigenvalue weighted by Gasteiger charge is 2.06. The van der Waals surface area contributed by atoms with Gasteiger partial charge in [-0.05, 0) is 29.7 Å². The van der Waals surface area contributed by atoms with E-state index in [1.165, 1.54) is 5.39 Å². The summed E-state index contributed by atoms with van der Waals surface area (Å²) in [6.07, 6.45) is 4.04. The molecular weight excluding hydrogens is 264 g/mol. The lowest BCUT2D eigenvalue weighted by Gasteiger charge is -2.06. The number of hydrogen-bond acceptors (Lipinski definition) is 3. The molecule has 0 amide bonds. The van der Waals surface area contributed by atoms with Crippen LogP contribution in [0.4, 0.5) is 0 Å². The molecule has 3 aromatic rings. The average Bonchev–Trinajstić information content (AvgIpc) is 2.95. The second-order valence-electron chi connectivity index (χ2n) is 4.80. The molecular formula is C17H16N2O2. The first-order chi connectivity index (χ1) is 10.3. The van der Waals surface area contributed by atoms with E-state index >= 15 is 0 Å². The van der Waals surface area contributed by atoms with E-state index in [1.54, 1.807) is 6.20 Å². The fourth-order valence-corrected chi connectivity index (χ4v) is 2.26. The van der Waals surface area contributed by atoms with Gasteiger partial charge >= 0.3 is 5.97 Å². The number of rotatable bonds is 5. The third-order valence-electron chi connectivity index (χ3n) is 3.34. The molecule has 106 valence electrons. The summed E-state index contributed by atoms with van der Waals surface area (Å²) < 4.78 is 7.29. The number of benzene rings is 1. The number of aryl methyl sites for hydroxylation is 1. The highest BCUT2D eigenvalue weighted by Crippen LogP contribution is 2.15. The van der Waals surface area contributed by atoms with Crippen molar-refractivity contribution in [2.24, 2.45) is 0 Å². The van der Waals surface area contributed by atoms with E-state index in [-0.39, 0.29) is 12.6 Å². The van der Waals surface area contributed by atoms with Crippen LogP contribution >= 0.6 is 0 Å². The van der Waals surface area contributed by atoms with E-state index in [0.29, 0.717) is 13.0 Å². The molecule has 0 aliphatic carbocycles. The van der Waals surface area contributed by atoms with Crippen molar-refractivity contribution >= 4 is 16.9 Å². The molecule has 0 fully saturated rings. The molecule has 2 heterocycles. The van der Waals surface area contributed by atoms with Gasteiger partial charge in [0.05, 0.1) is 12.1 Å². The lowest BCUT2D eigenvalue weighted by atomic mass is 10.2. The van der Waals surface area contributed by atoms with Gasteiger partial charge in [-0.25, -0.2) is 0 Å². The number of carbonyl (C=O) groups is 1. The molecule has 0 atom stereocenters. The minimum absolute atomic E-state index is 0.210. The summed E-state index contributed by atoms with van der Waals surface area (Å²) in [6.45, 7) is 0.848. The zero-order valence-corrected chi connectivity index (χ0v) is 11.6. The Kier molecular flexibility index (Phi) is 3.96. The monoisotopic (exact) mass is 280 g/mol. The van der Waals surface area contributed by atoms with Gasteiger partial charge in [0.2, 0.25) is 0 Å². The number of pyridine rings is 1. The van der Waals surface area contributed by atoms with Gasteiger partial charge in [0, 0.05) is 24.5 Å². The number of aromatic nitrogens is 2. The Labute approximate surface area is 123 Å². The van der Waals surface area contributed by atoms with Gasteiger partial charge in [-0.2, -0.15) is 0 Å². The Morgan fingerprint density at radius 1 is 1.10 bits per heavy atom. The third kappa shape index (κ3) is 3.28. The average molecular weight is 280 g/mol. The molecule has 0 saturated heterocycles. The molecule has 4 nitrogen and oxygen atoms in total. The van der Waals surface area contributed by atoms with Crippen molar-refractivity contribution in [2.45, 2.75) is 19.6 Å². The fourth-order valence-electron chi connectivity index (χ4n) is 2.26. The maximum atomic E-state index is 11.8. The largest absolute Gasteiger partial charge is 0.459 e. The topological polar surface area (TPSA) is 44.1 Å². The molecule has 21 heavy (non-hydrogen) atoms. The van der Waals surface area contributed by atoms with E-state index in [0.717, 1.165) is 11.2 Å². The highest BCUT2D eigenvalue weighted by molar-refractivity contribution is 5.80. The molecule has 3 rings (SSSR count). The highest BCUT2D eigenvalue weighted by atomic mass is 16.5. The molecule has 0 aliphatic heterocycles. The van der Waals surface area contributed by atoms with Crippen LogP contribution in [0.1, 0.15) is 12.1 Å². The summed E-state index contributed by atoms with van der Waals surface area (Å²) in [4.78, 5) is 15.9. The predicted molar refractivity (Wildman–Crippen MR) is 80.6 cm³/mol. The lowest BCUT2D eigenvalue weighted by molar-refractivity contribution is -0.145. The van der Waals surface area contributed by atoms with Crippen molar-refractivity contribution in [3.8, 4) is 0 Å². The van der Waals surface area contributed by atoms with Crippen molar-refractivity contribution < 1.29 is 9.53 Å². The van der Waals surface area contributed by atoms with Crippen LogP contribution in [0.15, 0.2) is 60.9 Å². The first kappa shape index (κ1) is 13.4. The Hall–Kier alpha value is -2.62. The molecule has 0 unspecified atom stereocenters.